The van der Waals surface area contributed by atoms with Crippen LogP contribution in [0, 0.1) is 0 Å². The fraction of sp³-hybridized carbons (Fsp3) is 1.00. The van der Waals surface area contributed by atoms with Crippen LogP contribution < -0.4 is 5.32 Å². The van der Waals surface area contributed by atoms with Gasteiger partial charge in [-0.1, -0.05) is 6.92 Å². The summed E-state index contributed by atoms with van der Waals surface area (Å²) in [5, 5.41) is 3.29. The lowest BCUT2D eigenvalue weighted by atomic mass is 10.2. The molecule has 0 amide bonds. The minimum atomic E-state index is -2.73. The lowest BCUT2D eigenvalue weighted by Gasteiger charge is -2.32. The first-order valence-corrected chi connectivity index (χ1v) is 7.52. The number of nitrogens with one attached hydrogen (secondary N) is 1. The quantitative estimate of drug-likeness (QED) is 0.686. The van der Waals surface area contributed by atoms with Crippen LogP contribution in [0.15, 0.2) is 0 Å². The summed E-state index contributed by atoms with van der Waals surface area (Å²) < 4.78 is 22.5. The summed E-state index contributed by atoms with van der Waals surface area (Å²) in [6.07, 6.45) is 1.09. The fourth-order valence-corrected chi connectivity index (χ4v) is 3.07. The van der Waals surface area contributed by atoms with Crippen LogP contribution in [0.3, 0.4) is 0 Å². The Balaban J connectivity index is 2.27. The first-order chi connectivity index (χ1) is 7.05. The maximum Gasteiger partial charge on any atom is 0.152 e. The Morgan fingerprint density at radius 1 is 1.33 bits per heavy atom. The highest BCUT2D eigenvalue weighted by Gasteiger charge is 2.24. The summed E-state index contributed by atoms with van der Waals surface area (Å²) in [5.41, 5.74) is 0. The summed E-state index contributed by atoms with van der Waals surface area (Å²) in [6.45, 7) is 7.70. The van der Waals surface area contributed by atoms with Crippen LogP contribution in [0.25, 0.3) is 0 Å². The largest absolute Gasteiger partial charge is 0.317 e. The molecule has 0 bridgehead atoms. The van der Waals surface area contributed by atoms with E-state index >= 15 is 0 Å². The van der Waals surface area contributed by atoms with Gasteiger partial charge < -0.3 is 5.32 Å². The van der Waals surface area contributed by atoms with Crippen molar-refractivity contribution in [2.75, 3.05) is 37.7 Å². The molecule has 1 rings (SSSR count). The van der Waals surface area contributed by atoms with Gasteiger partial charge in [-0.2, -0.15) is 0 Å². The smallest absolute Gasteiger partial charge is 0.152 e. The van der Waals surface area contributed by atoms with E-state index in [0.29, 0.717) is 30.6 Å². The molecule has 0 aliphatic carbocycles. The van der Waals surface area contributed by atoms with E-state index in [4.69, 9.17) is 0 Å². The van der Waals surface area contributed by atoms with Gasteiger partial charge in [-0.3, -0.25) is 4.90 Å². The van der Waals surface area contributed by atoms with E-state index in [1.807, 2.05) is 0 Å². The molecular weight excluding hydrogens is 212 g/mol. The monoisotopic (exact) mass is 234 g/mol. The maximum atomic E-state index is 11.2. The highest BCUT2D eigenvalue weighted by atomic mass is 32.2. The molecule has 1 aliphatic rings. The van der Waals surface area contributed by atoms with E-state index in [9.17, 15) is 8.42 Å². The molecule has 15 heavy (non-hydrogen) atoms. The van der Waals surface area contributed by atoms with Gasteiger partial charge in [0.15, 0.2) is 9.84 Å². The van der Waals surface area contributed by atoms with Gasteiger partial charge in [0.1, 0.15) is 0 Å². The molecule has 90 valence electrons. The lowest BCUT2D eigenvalue weighted by Crippen LogP contribution is -2.45. The van der Waals surface area contributed by atoms with Crippen LogP contribution in [-0.2, 0) is 9.84 Å². The van der Waals surface area contributed by atoms with E-state index < -0.39 is 9.84 Å². The molecule has 1 saturated heterocycles. The van der Waals surface area contributed by atoms with Crippen molar-refractivity contribution in [2.24, 2.45) is 0 Å². The molecule has 4 nitrogen and oxygen atoms in total. The lowest BCUT2D eigenvalue weighted by molar-refractivity contribution is 0.215. The van der Waals surface area contributed by atoms with E-state index in [1.165, 1.54) is 0 Å². The molecule has 0 aromatic heterocycles. The number of sulfone groups is 1. The van der Waals surface area contributed by atoms with Crippen LogP contribution in [0.2, 0.25) is 0 Å². The number of hydrogen-bond acceptors (Lipinski definition) is 4. The zero-order chi connectivity index (χ0) is 11.3. The SMILES string of the molecule is CCNCCC(C)N1CCS(=O)(=O)CC1. The Morgan fingerprint density at radius 2 is 1.93 bits per heavy atom. The summed E-state index contributed by atoms with van der Waals surface area (Å²) in [5.74, 6) is 0.664. The summed E-state index contributed by atoms with van der Waals surface area (Å²) in [6, 6.07) is 0.486. The van der Waals surface area contributed by atoms with Crippen LogP contribution >= 0.6 is 0 Å². The zero-order valence-electron chi connectivity index (χ0n) is 9.70. The molecule has 0 spiro atoms. The molecule has 0 aromatic carbocycles. The molecule has 5 heteroatoms. The van der Waals surface area contributed by atoms with Crippen LogP contribution in [0.5, 0.6) is 0 Å². The fourth-order valence-electron chi connectivity index (χ4n) is 1.84. The highest BCUT2D eigenvalue weighted by Crippen LogP contribution is 2.09. The van der Waals surface area contributed by atoms with Gasteiger partial charge in [0.25, 0.3) is 0 Å². The third kappa shape index (κ3) is 4.49. The van der Waals surface area contributed by atoms with E-state index in [2.05, 4.69) is 24.1 Å². The van der Waals surface area contributed by atoms with E-state index in [0.717, 1.165) is 19.5 Å². The average molecular weight is 234 g/mol. The van der Waals surface area contributed by atoms with Crippen molar-refractivity contribution in [3.8, 4) is 0 Å². The van der Waals surface area contributed by atoms with Gasteiger partial charge in [-0.15, -0.1) is 0 Å². The standard InChI is InChI=1S/C10H22N2O2S/c1-3-11-5-4-10(2)12-6-8-15(13,14)9-7-12/h10-11H,3-9H2,1-2H3. The minimum absolute atomic E-state index is 0.332. The Kier molecular flexibility index (Phi) is 5.02. The van der Waals surface area contributed by atoms with Gasteiger partial charge in [0, 0.05) is 19.1 Å². The van der Waals surface area contributed by atoms with Gasteiger partial charge >= 0.3 is 0 Å². The number of hydrogen-bond donors (Lipinski definition) is 1. The van der Waals surface area contributed by atoms with Gasteiger partial charge in [0.05, 0.1) is 11.5 Å². The zero-order valence-corrected chi connectivity index (χ0v) is 10.5. The Hall–Kier alpha value is -0.130. The van der Waals surface area contributed by atoms with Crippen molar-refractivity contribution < 1.29 is 8.42 Å². The van der Waals surface area contributed by atoms with Crippen molar-refractivity contribution in [3.63, 3.8) is 0 Å². The van der Waals surface area contributed by atoms with Gasteiger partial charge in [-0.05, 0) is 26.4 Å². The molecule has 1 aliphatic heterocycles. The maximum absolute atomic E-state index is 11.2. The first kappa shape index (κ1) is 12.9. The summed E-state index contributed by atoms with van der Waals surface area (Å²) >= 11 is 0. The first-order valence-electron chi connectivity index (χ1n) is 5.70. The summed E-state index contributed by atoms with van der Waals surface area (Å²) in [4.78, 5) is 2.28. The van der Waals surface area contributed by atoms with Crippen molar-refractivity contribution >= 4 is 9.84 Å². The molecule has 1 fully saturated rings. The second-order valence-corrected chi connectivity index (χ2v) is 6.48. The topological polar surface area (TPSA) is 49.4 Å². The molecule has 1 N–H and O–H groups in total. The highest BCUT2D eigenvalue weighted by molar-refractivity contribution is 7.91. The van der Waals surface area contributed by atoms with Crippen molar-refractivity contribution in [2.45, 2.75) is 26.3 Å². The molecule has 1 heterocycles. The molecule has 1 unspecified atom stereocenters. The van der Waals surface area contributed by atoms with Gasteiger partial charge in [0.2, 0.25) is 0 Å². The summed E-state index contributed by atoms with van der Waals surface area (Å²) in [7, 11) is -2.73. The van der Waals surface area contributed by atoms with Crippen molar-refractivity contribution in [3.05, 3.63) is 0 Å². The van der Waals surface area contributed by atoms with Crippen molar-refractivity contribution in [1.82, 2.24) is 10.2 Å². The Bertz CT molecular complexity index is 263. The third-order valence-corrected chi connectivity index (χ3v) is 4.60. The average Bonchev–Trinajstić information content (AvgIpc) is 2.18. The number of rotatable bonds is 5. The second kappa shape index (κ2) is 5.82. The predicted molar refractivity (Wildman–Crippen MR) is 62.8 cm³/mol. The Labute approximate surface area is 93.0 Å². The third-order valence-electron chi connectivity index (χ3n) is 2.99. The minimum Gasteiger partial charge on any atom is -0.317 e. The Morgan fingerprint density at radius 3 is 2.47 bits per heavy atom. The molecule has 0 radical (unpaired) electrons. The molecule has 1 atom stereocenters. The predicted octanol–water partition coefficient (Wildman–Crippen LogP) is 0.105. The molecular formula is C10H22N2O2S. The van der Waals surface area contributed by atoms with Gasteiger partial charge in [-0.25, -0.2) is 8.42 Å². The second-order valence-electron chi connectivity index (χ2n) is 4.18. The number of nitrogens with zero attached hydrogens (tertiary/aromatic N) is 1. The molecule has 0 saturated carbocycles. The van der Waals surface area contributed by atoms with Crippen molar-refractivity contribution in [1.29, 1.82) is 0 Å². The van der Waals surface area contributed by atoms with E-state index in [-0.39, 0.29) is 0 Å². The van der Waals surface area contributed by atoms with E-state index in [1.54, 1.807) is 0 Å². The van der Waals surface area contributed by atoms with Crippen LogP contribution in [0.4, 0.5) is 0 Å². The molecule has 0 aromatic rings. The normalized spacial score (nSPS) is 23.9. The van der Waals surface area contributed by atoms with Crippen LogP contribution in [-0.4, -0.2) is 57.0 Å². The van der Waals surface area contributed by atoms with Crippen LogP contribution in [0.1, 0.15) is 20.3 Å².